The molecule has 0 spiro atoms. The molecule has 120 valence electrons. The van der Waals surface area contributed by atoms with Crippen LogP contribution in [0.2, 0.25) is 0 Å². The molecule has 6 nitrogen and oxygen atoms in total. The molecule has 1 unspecified atom stereocenters. The molecule has 1 aliphatic carbocycles. The van der Waals surface area contributed by atoms with Crippen LogP contribution < -0.4 is 0 Å². The van der Waals surface area contributed by atoms with Gasteiger partial charge in [-0.25, -0.2) is 14.5 Å². The lowest BCUT2D eigenvalue weighted by Gasteiger charge is -2.37. The van der Waals surface area contributed by atoms with Crippen LogP contribution in [0.3, 0.4) is 0 Å². The second-order valence-corrected chi connectivity index (χ2v) is 7.10. The number of fused-ring (bicyclic) bond motifs is 1. The maximum atomic E-state index is 5.61. The fraction of sp³-hybridized carbons (Fsp3) is 0.643. The first-order valence-electron chi connectivity index (χ1n) is 7.18. The summed E-state index contributed by atoms with van der Waals surface area (Å²) in [6, 6.07) is 0. The van der Waals surface area contributed by atoms with E-state index in [1.54, 1.807) is 14.2 Å². The summed E-state index contributed by atoms with van der Waals surface area (Å²) in [7, 11) is 3.40. The summed E-state index contributed by atoms with van der Waals surface area (Å²) in [6.07, 6.45) is 3.74. The molecule has 0 N–H and O–H groups in total. The van der Waals surface area contributed by atoms with Crippen molar-refractivity contribution in [1.29, 1.82) is 0 Å². The van der Waals surface area contributed by atoms with Gasteiger partial charge in [-0.1, -0.05) is 0 Å². The van der Waals surface area contributed by atoms with Crippen LogP contribution in [0.15, 0.2) is 9.21 Å². The summed E-state index contributed by atoms with van der Waals surface area (Å²) in [5, 5.41) is 4.69. The normalized spacial score (nSPS) is 21.4. The van der Waals surface area contributed by atoms with Crippen molar-refractivity contribution in [2.24, 2.45) is 0 Å². The Labute approximate surface area is 145 Å². The molecule has 22 heavy (non-hydrogen) atoms. The first kappa shape index (κ1) is 16.3. The maximum Gasteiger partial charge on any atom is 0.188 e. The van der Waals surface area contributed by atoms with Crippen molar-refractivity contribution in [3.05, 3.63) is 20.7 Å². The van der Waals surface area contributed by atoms with E-state index in [1.165, 1.54) is 0 Å². The molecule has 1 fully saturated rings. The number of ether oxygens (including phenoxy) is 2. The third-order valence-corrected chi connectivity index (χ3v) is 5.68. The maximum absolute atomic E-state index is 5.61. The first-order chi connectivity index (χ1) is 10.5. The molecule has 1 atom stereocenters. The molecule has 0 amide bonds. The van der Waals surface area contributed by atoms with E-state index in [0.29, 0.717) is 4.60 Å². The standard InChI is InChI=1S/C14H18Br2N4O2/c1-8-10(15)17-11(16)13-18-12(19-20(8)13)9-5-4-6-14(7-9,21-2)22-3/h9H,4-7H2,1-3H3. The molecule has 3 rings (SSSR count). The fourth-order valence-electron chi connectivity index (χ4n) is 3.04. The lowest BCUT2D eigenvalue weighted by Crippen LogP contribution is -2.38. The fourth-order valence-corrected chi connectivity index (χ4v) is 4.06. The number of hydrogen-bond donors (Lipinski definition) is 0. The van der Waals surface area contributed by atoms with E-state index in [-0.39, 0.29) is 5.92 Å². The molecule has 0 aliphatic heterocycles. The highest BCUT2D eigenvalue weighted by Crippen LogP contribution is 2.40. The Bertz CT molecular complexity index is 700. The lowest BCUT2D eigenvalue weighted by atomic mass is 9.84. The Morgan fingerprint density at radius 1 is 1.18 bits per heavy atom. The Morgan fingerprint density at radius 2 is 1.91 bits per heavy atom. The molecule has 0 aromatic carbocycles. The zero-order valence-electron chi connectivity index (χ0n) is 12.8. The van der Waals surface area contributed by atoms with E-state index in [9.17, 15) is 0 Å². The van der Waals surface area contributed by atoms with Gasteiger partial charge in [0.1, 0.15) is 4.60 Å². The summed E-state index contributed by atoms with van der Waals surface area (Å²) in [5.74, 6) is 0.520. The van der Waals surface area contributed by atoms with Gasteiger partial charge in [-0.2, -0.15) is 5.10 Å². The van der Waals surface area contributed by atoms with Crippen LogP contribution in [0.25, 0.3) is 5.65 Å². The molecule has 1 saturated carbocycles. The number of methoxy groups -OCH3 is 2. The number of rotatable bonds is 3. The highest BCUT2D eigenvalue weighted by atomic mass is 79.9. The van der Waals surface area contributed by atoms with Gasteiger partial charge in [-0.05, 0) is 51.6 Å². The van der Waals surface area contributed by atoms with Crippen molar-refractivity contribution in [2.45, 2.75) is 44.3 Å². The number of hydrogen-bond acceptors (Lipinski definition) is 5. The average molecular weight is 434 g/mol. The zero-order valence-corrected chi connectivity index (χ0v) is 15.9. The Kier molecular flexibility index (Phi) is 4.55. The minimum Gasteiger partial charge on any atom is -0.353 e. The largest absolute Gasteiger partial charge is 0.353 e. The third-order valence-electron chi connectivity index (χ3n) is 4.40. The molecule has 2 heterocycles. The lowest BCUT2D eigenvalue weighted by molar-refractivity contribution is -0.226. The van der Waals surface area contributed by atoms with Crippen molar-refractivity contribution < 1.29 is 9.47 Å². The molecular formula is C14H18Br2N4O2. The third kappa shape index (κ3) is 2.70. The first-order valence-corrected chi connectivity index (χ1v) is 8.77. The van der Waals surface area contributed by atoms with E-state index >= 15 is 0 Å². The minimum absolute atomic E-state index is 0.221. The highest BCUT2D eigenvalue weighted by Gasteiger charge is 2.38. The van der Waals surface area contributed by atoms with Gasteiger partial charge in [-0.15, -0.1) is 0 Å². The number of aryl methyl sites for hydroxylation is 1. The Hall–Kier alpha value is -0.570. The minimum atomic E-state index is -0.522. The molecule has 0 radical (unpaired) electrons. The average Bonchev–Trinajstić information content (AvgIpc) is 2.99. The van der Waals surface area contributed by atoms with Crippen LogP contribution in [0.4, 0.5) is 0 Å². The van der Waals surface area contributed by atoms with Crippen LogP contribution in [0, 0.1) is 6.92 Å². The summed E-state index contributed by atoms with van der Waals surface area (Å²) >= 11 is 6.90. The van der Waals surface area contributed by atoms with Crippen molar-refractivity contribution in [3.8, 4) is 0 Å². The number of aromatic nitrogens is 4. The van der Waals surface area contributed by atoms with Gasteiger partial charge in [0, 0.05) is 33.0 Å². The Balaban J connectivity index is 2.00. The van der Waals surface area contributed by atoms with Gasteiger partial charge >= 0.3 is 0 Å². The molecule has 8 heteroatoms. The monoisotopic (exact) mass is 432 g/mol. The van der Waals surface area contributed by atoms with Crippen molar-refractivity contribution in [3.63, 3.8) is 0 Å². The summed E-state index contributed by atoms with van der Waals surface area (Å²) in [5.41, 5.74) is 1.67. The van der Waals surface area contributed by atoms with E-state index in [2.05, 4.69) is 46.9 Å². The van der Waals surface area contributed by atoms with Gasteiger partial charge in [-0.3, -0.25) is 0 Å². The molecule has 2 aromatic heterocycles. The van der Waals surface area contributed by atoms with E-state index in [1.807, 2.05) is 11.4 Å². The van der Waals surface area contributed by atoms with Crippen molar-refractivity contribution in [2.75, 3.05) is 14.2 Å². The van der Waals surface area contributed by atoms with Crippen LogP contribution in [0.5, 0.6) is 0 Å². The van der Waals surface area contributed by atoms with Crippen LogP contribution in [-0.2, 0) is 9.47 Å². The predicted molar refractivity (Wildman–Crippen MR) is 88.9 cm³/mol. The topological polar surface area (TPSA) is 61.5 Å². The SMILES string of the molecule is COC1(OC)CCCC(c2nc3c(Br)nc(Br)c(C)n3n2)C1. The predicted octanol–water partition coefficient (Wildman–Crippen LogP) is 3.60. The molecule has 2 aromatic rings. The van der Waals surface area contributed by atoms with E-state index in [0.717, 1.165) is 47.5 Å². The molecule has 0 saturated heterocycles. The molecule has 1 aliphatic rings. The molecule has 0 bridgehead atoms. The van der Waals surface area contributed by atoms with Gasteiger partial charge in [0.25, 0.3) is 0 Å². The number of nitrogens with zero attached hydrogens (tertiary/aromatic N) is 4. The van der Waals surface area contributed by atoms with Gasteiger partial charge < -0.3 is 9.47 Å². The van der Waals surface area contributed by atoms with E-state index < -0.39 is 5.79 Å². The van der Waals surface area contributed by atoms with Gasteiger partial charge in [0.15, 0.2) is 21.9 Å². The highest BCUT2D eigenvalue weighted by molar-refractivity contribution is 9.11. The van der Waals surface area contributed by atoms with Gasteiger partial charge in [0.05, 0.1) is 5.69 Å². The summed E-state index contributed by atoms with van der Waals surface area (Å²) in [4.78, 5) is 9.06. The smallest absolute Gasteiger partial charge is 0.188 e. The summed E-state index contributed by atoms with van der Waals surface area (Å²) in [6.45, 7) is 1.96. The van der Waals surface area contributed by atoms with Crippen LogP contribution in [0.1, 0.15) is 43.1 Å². The second kappa shape index (κ2) is 6.14. The second-order valence-electron chi connectivity index (χ2n) is 5.60. The van der Waals surface area contributed by atoms with Gasteiger partial charge in [0.2, 0.25) is 0 Å². The van der Waals surface area contributed by atoms with Crippen LogP contribution >= 0.6 is 31.9 Å². The molecular weight excluding hydrogens is 416 g/mol. The van der Waals surface area contributed by atoms with Crippen LogP contribution in [-0.4, -0.2) is 39.6 Å². The summed E-state index contributed by atoms with van der Waals surface area (Å²) < 4.78 is 14.5. The van der Waals surface area contributed by atoms with Crippen molar-refractivity contribution >= 4 is 37.5 Å². The van der Waals surface area contributed by atoms with E-state index in [4.69, 9.17) is 9.47 Å². The quantitative estimate of drug-likeness (QED) is 0.692. The van der Waals surface area contributed by atoms with Crippen molar-refractivity contribution in [1.82, 2.24) is 19.6 Å². The Morgan fingerprint density at radius 3 is 2.59 bits per heavy atom. The number of halogens is 2. The zero-order chi connectivity index (χ0) is 15.9.